The van der Waals surface area contributed by atoms with E-state index in [1.807, 2.05) is 31.2 Å². The quantitative estimate of drug-likeness (QED) is 0.582. The van der Waals surface area contributed by atoms with Crippen molar-refractivity contribution in [3.05, 3.63) is 74.2 Å². The van der Waals surface area contributed by atoms with Crippen LogP contribution in [-0.4, -0.2) is 22.8 Å². The molecule has 0 fully saturated rings. The first-order valence-electron chi connectivity index (χ1n) is 7.13. The van der Waals surface area contributed by atoms with E-state index in [0.717, 1.165) is 15.6 Å². The van der Waals surface area contributed by atoms with Gasteiger partial charge in [-0.15, -0.1) is 0 Å². The summed E-state index contributed by atoms with van der Waals surface area (Å²) >= 11 is 3.36. The van der Waals surface area contributed by atoms with Crippen LogP contribution in [0.4, 0.5) is 5.69 Å². The fourth-order valence-corrected chi connectivity index (χ4v) is 2.50. The lowest BCUT2D eigenvalue weighted by molar-refractivity contribution is -0.384. The topological polar surface area (TPSA) is 63.5 Å². The lowest BCUT2D eigenvalue weighted by atomic mass is 10.1. The van der Waals surface area contributed by atoms with E-state index < -0.39 is 4.92 Å². The van der Waals surface area contributed by atoms with Crippen LogP contribution in [0.15, 0.2) is 53.0 Å². The number of nitro groups is 1. The lowest BCUT2D eigenvalue weighted by Gasteiger charge is -2.25. The number of non-ortho nitro benzene ring substituents is 1. The van der Waals surface area contributed by atoms with Crippen molar-refractivity contribution in [2.45, 2.75) is 19.4 Å². The van der Waals surface area contributed by atoms with Gasteiger partial charge in [0.15, 0.2) is 0 Å². The Kier molecular flexibility index (Phi) is 5.50. The van der Waals surface area contributed by atoms with Crippen molar-refractivity contribution >= 4 is 27.5 Å². The third-order valence-electron chi connectivity index (χ3n) is 3.81. The molecule has 0 N–H and O–H groups in total. The molecule has 0 heterocycles. The number of rotatable bonds is 5. The third-order valence-corrected chi connectivity index (χ3v) is 4.34. The number of benzene rings is 2. The fourth-order valence-electron chi connectivity index (χ4n) is 2.24. The normalized spacial score (nSPS) is 11.8. The van der Waals surface area contributed by atoms with Gasteiger partial charge in [-0.2, -0.15) is 0 Å². The molecule has 23 heavy (non-hydrogen) atoms. The van der Waals surface area contributed by atoms with Gasteiger partial charge in [0.25, 0.3) is 5.69 Å². The van der Waals surface area contributed by atoms with Crippen LogP contribution in [0.2, 0.25) is 0 Å². The zero-order chi connectivity index (χ0) is 17.0. The van der Waals surface area contributed by atoms with Crippen molar-refractivity contribution in [1.82, 2.24) is 4.90 Å². The van der Waals surface area contributed by atoms with Gasteiger partial charge in [-0.3, -0.25) is 14.9 Å². The SMILES string of the molecule is C[C@@H](c1cccc([N+](=O)[O-])c1)N(C)C(=O)Cc1ccc(Br)cc1. The van der Waals surface area contributed by atoms with Crippen LogP contribution in [0.1, 0.15) is 24.1 Å². The standard InChI is InChI=1S/C17H17BrN2O3/c1-12(14-4-3-5-16(11-14)20(22)23)19(2)17(21)10-13-6-8-15(18)9-7-13/h3-9,11-12H,10H2,1-2H3/t12-/m0/s1. The van der Waals surface area contributed by atoms with E-state index in [1.165, 1.54) is 12.1 Å². The van der Waals surface area contributed by atoms with Crippen molar-refractivity contribution in [3.8, 4) is 0 Å². The van der Waals surface area contributed by atoms with Gasteiger partial charge in [0, 0.05) is 23.7 Å². The van der Waals surface area contributed by atoms with Crippen LogP contribution in [0.3, 0.4) is 0 Å². The van der Waals surface area contributed by atoms with Gasteiger partial charge in [-0.05, 0) is 30.2 Å². The largest absolute Gasteiger partial charge is 0.339 e. The van der Waals surface area contributed by atoms with Crippen LogP contribution < -0.4 is 0 Å². The fraction of sp³-hybridized carbons (Fsp3) is 0.235. The van der Waals surface area contributed by atoms with Crippen LogP contribution in [0.5, 0.6) is 0 Å². The average Bonchev–Trinajstić information content (AvgIpc) is 2.55. The predicted octanol–water partition coefficient (Wildman–Crippen LogP) is 4.12. The summed E-state index contributed by atoms with van der Waals surface area (Å²) in [4.78, 5) is 24.5. The number of nitro benzene ring substituents is 1. The zero-order valence-electron chi connectivity index (χ0n) is 12.9. The molecule has 2 rings (SSSR count). The predicted molar refractivity (Wildman–Crippen MR) is 92.1 cm³/mol. The first-order valence-corrected chi connectivity index (χ1v) is 7.92. The van der Waals surface area contributed by atoms with Gasteiger partial charge >= 0.3 is 0 Å². The Morgan fingerprint density at radius 3 is 2.52 bits per heavy atom. The highest BCUT2D eigenvalue weighted by Crippen LogP contribution is 2.23. The number of amides is 1. The number of hydrogen-bond donors (Lipinski definition) is 0. The van der Waals surface area contributed by atoms with Crippen molar-refractivity contribution in [1.29, 1.82) is 0 Å². The molecule has 2 aromatic rings. The Balaban J connectivity index is 2.10. The van der Waals surface area contributed by atoms with Crippen LogP contribution >= 0.6 is 15.9 Å². The first kappa shape index (κ1) is 17.1. The summed E-state index contributed by atoms with van der Waals surface area (Å²) in [6, 6.07) is 13.7. The number of halogens is 1. The summed E-state index contributed by atoms with van der Waals surface area (Å²) in [5.74, 6) is -0.0358. The van der Waals surface area contributed by atoms with Crippen molar-refractivity contribution in [2.24, 2.45) is 0 Å². The smallest absolute Gasteiger partial charge is 0.269 e. The van der Waals surface area contributed by atoms with E-state index in [0.29, 0.717) is 6.42 Å². The molecule has 120 valence electrons. The summed E-state index contributed by atoms with van der Waals surface area (Å²) in [5.41, 5.74) is 1.70. The highest BCUT2D eigenvalue weighted by Gasteiger charge is 2.19. The van der Waals surface area contributed by atoms with Gasteiger partial charge < -0.3 is 4.90 Å². The molecule has 0 saturated heterocycles. The molecule has 5 nitrogen and oxygen atoms in total. The Labute approximate surface area is 143 Å². The first-order chi connectivity index (χ1) is 10.9. The van der Waals surface area contributed by atoms with E-state index in [-0.39, 0.29) is 17.6 Å². The maximum atomic E-state index is 12.4. The summed E-state index contributed by atoms with van der Waals surface area (Å²) in [5, 5.41) is 10.9. The lowest BCUT2D eigenvalue weighted by Crippen LogP contribution is -2.31. The molecule has 0 aliphatic heterocycles. The highest BCUT2D eigenvalue weighted by atomic mass is 79.9. The third kappa shape index (κ3) is 4.39. The van der Waals surface area contributed by atoms with E-state index in [2.05, 4.69) is 15.9 Å². The Morgan fingerprint density at radius 2 is 1.91 bits per heavy atom. The number of hydrogen-bond acceptors (Lipinski definition) is 3. The second-order valence-electron chi connectivity index (χ2n) is 5.34. The summed E-state index contributed by atoms with van der Waals surface area (Å²) in [6.45, 7) is 1.86. The second-order valence-corrected chi connectivity index (χ2v) is 6.25. The molecule has 1 amide bonds. The van der Waals surface area contributed by atoms with Gasteiger partial charge in [-0.25, -0.2) is 0 Å². The molecule has 0 aliphatic carbocycles. The Hall–Kier alpha value is -2.21. The number of carbonyl (C=O) groups is 1. The van der Waals surface area contributed by atoms with E-state index in [9.17, 15) is 14.9 Å². The molecule has 0 unspecified atom stereocenters. The maximum Gasteiger partial charge on any atom is 0.269 e. The van der Waals surface area contributed by atoms with E-state index in [1.54, 1.807) is 24.1 Å². The zero-order valence-corrected chi connectivity index (χ0v) is 14.5. The van der Waals surface area contributed by atoms with Gasteiger partial charge in [-0.1, -0.05) is 40.2 Å². The molecule has 0 aliphatic rings. The summed E-state index contributed by atoms with van der Waals surface area (Å²) < 4.78 is 0.965. The van der Waals surface area contributed by atoms with Crippen molar-refractivity contribution in [2.75, 3.05) is 7.05 Å². The van der Waals surface area contributed by atoms with Gasteiger partial charge in [0.1, 0.15) is 0 Å². The number of carbonyl (C=O) groups excluding carboxylic acids is 1. The van der Waals surface area contributed by atoms with Crippen LogP contribution in [0, 0.1) is 10.1 Å². The molecular formula is C17H17BrN2O3. The summed E-state index contributed by atoms with van der Waals surface area (Å²) in [7, 11) is 1.71. The highest BCUT2D eigenvalue weighted by molar-refractivity contribution is 9.10. The minimum absolute atomic E-state index is 0.0307. The molecule has 0 radical (unpaired) electrons. The van der Waals surface area contributed by atoms with Crippen molar-refractivity contribution < 1.29 is 9.72 Å². The monoisotopic (exact) mass is 376 g/mol. The second kappa shape index (κ2) is 7.37. The minimum Gasteiger partial charge on any atom is -0.339 e. The molecule has 0 bridgehead atoms. The average molecular weight is 377 g/mol. The molecule has 2 aromatic carbocycles. The van der Waals surface area contributed by atoms with Gasteiger partial charge in [0.2, 0.25) is 5.91 Å². The maximum absolute atomic E-state index is 12.4. The minimum atomic E-state index is -0.431. The number of nitrogens with zero attached hydrogens (tertiary/aromatic N) is 2. The Morgan fingerprint density at radius 1 is 1.26 bits per heavy atom. The van der Waals surface area contributed by atoms with E-state index in [4.69, 9.17) is 0 Å². The molecule has 0 spiro atoms. The van der Waals surface area contributed by atoms with E-state index >= 15 is 0 Å². The van der Waals surface area contributed by atoms with Crippen LogP contribution in [-0.2, 0) is 11.2 Å². The van der Waals surface area contributed by atoms with Crippen LogP contribution in [0.25, 0.3) is 0 Å². The van der Waals surface area contributed by atoms with Crippen molar-refractivity contribution in [3.63, 3.8) is 0 Å². The Bertz CT molecular complexity index is 716. The molecular weight excluding hydrogens is 360 g/mol. The molecule has 0 aromatic heterocycles. The van der Waals surface area contributed by atoms with Gasteiger partial charge in [0.05, 0.1) is 17.4 Å². The number of likely N-dealkylation sites (N-methyl/N-ethyl adjacent to an activating group) is 1. The molecule has 6 heteroatoms. The molecule has 0 saturated carbocycles. The molecule has 1 atom stereocenters. The summed E-state index contributed by atoms with van der Waals surface area (Å²) in [6.07, 6.45) is 0.295.